The van der Waals surface area contributed by atoms with E-state index in [4.69, 9.17) is 0 Å². The molecule has 0 radical (unpaired) electrons. The number of benzene rings is 10. The standard InChI is InChI=1S/C27H21N.C26H19NO/c1-3-28-26-11-7-6-10-21(26)25-15-23-20-13-12-17(2)14-22(20)18-8-4-5-9-19(18)24(23)16-27(25)28;1-2-27-25-10-6-5-9-20(25)24-14-22-19-12-11-16(28)13-21(19)17-7-3-4-8-18(17)23(22)15-26(24)27/h4-16H,3H2,1-2H3;3-15,28H,2H2,1H3. The highest BCUT2D eigenvalue weighted by atomic mass is 16.3. The fraction of sp³-hybridized carbons (Fsp3) is 0.0943. The number of phenolic OH excluding ortho intramolecular Hbond substituents is 1. The number of phenols is 1. The highest BCUT2D eigenvalue weighted by Gasteiger charge is 2.16. The van der Waals surface area contributed by atoms with Crippen LogP contribution in [0.1, 0.15) is 19.4 Å². The predicted molar refractivity (Wildman–Crippen MR) is 242 cm³/mol. The third-order valence-electron chi connectivity index (χ3n) is 12.2. The molecule has 56 heavy (non-hydrogen) atoms. The van der Waals surface area contributed by atoms with E-state index in [0.717, 1.165) is 18.5 Å². The summed E-state index contributed by atoms with van der Waals surface area (Å²) in [7, 11) is 0. The molecule has 0 unspecified atom stereocenters. The van der Waals surface area contributed by atoms with Gasteiger partial charge in [-0.3, -0.25) is 0 Å². The average molecular weight is 721 g/mol. The normalized spacial score (nSPS) is 12.1. The molecular weight excluding hydrogens is 681 g/mol. The van der Waals surface area contributed by atoms with Crippen LogP contribution in [0.25, 0.3) is 108 Å². The first-order valence-electron chi connectivity index (χ1n) is 19.8. The highest BCUT2D eigenvalue weighted by molar-refractivity contribution is 6.30. The molecule has 12 rings (SSSR count). The van der Waals surface area contributed by atoms with Crippen LogP contribution in [-0.4, -0.2) is 14.2 Å². The van der Waals surface area contributed by atoms with Gasteiger partial charge in [-0.25, -0.2) is 0 Å². The van der Waals surface area contributed by atoms with Gasteiger partial charge in [0, 0.05) is 56.7 Å². The van der Waals surface area contributed by atoms with Crippen molar-refractivity contribution in [3.63, 3.8) is 0 Å². The van der Waals surface area contributed by atoms with Gasteiger partial charge in [0.15, 0.2) is 0 Å². The summed E-state index contributed by atoms with van der Waals surface area (Å²) < 4.78 is 4.85. The molecule has 0 atom stereocenters. The number of fused-ring (bicyclic) bond motifs is 18. The Bertz CT molecular complexity index is 3350. The third kappa shape index (κ3) is 4.64. The molecule has 3 heteroatoms. The Morgan fingerprint density at radius 2 is 0.679 bits per heavy atom. The fourth-order valence-electron chi connectivity index (χ4n) is 9.77. The second-order valence-electron chi connectivity index (χ2n) is 15.2. The Balaban J connectivity index is 0.000000130. The van der Waals surface area contributed by atoms with Crippen LogP contribution in [-0.2, 0) is 13.1 Å². The van der Waals surface area contributed by atoms with Gasteiger partial charge in [0.25, 0.3) is 0 Å². The van der Waals surface area contributed by atoms with E-state index in [0.29, 0.717) is 5.75 Å². The zero-order chi connectivity index (χ0) is 37.7. The van der Waals surface area contributed by atoms with E-state index in [-0.39, 0.29) is 0 Å². The molecule has 0 aliphatic carbocycles. The lowest BCUT2D eigenvalue weighted by atomic mass is 9.92. The Morgan fingerprint density at radius 3 is 1.14 bits per heavy atom. The lowest BCUT2D eigenvalue weighted by Gasteiger charge is -2.12. The van der Waals surface area contributed by atoms with Gasteiger partial charge < -0.3 is 14.2 Å². The maximum absolute atomic E-state index is 10.1. The minimum Gasteiger partial charge on any atom is -0.508 e. The van der Waals surface area contributed by atoms with E-state index in [1.54, 1.807) is 6.07 Å². The lowest BCUT2D eigenvalue weighted by molar-refractivity contribution is 0.476. The molecule has 0 saturated heterocycles. The van der Waals surface area contributed by atoms with E-state index in [2.05, 4.69) is 169 Å². The topological polar surface area (TPSA) is 30.1 Å². The molecule has 0 bridgehead atoms. The van der Waals surface area contributed by atoms with E-state index in [1.165, 1.54) is 108 Å². The molecule has 2 heterocycles. The van der Waals surface area contributed by atoms with Crippen molar-refractivity contribution < 1.29 is 5.11 Å². The summed E-state index contributed by atoms with van der Waals surface area (Å²) in [5.74, 6) is 0.306. The summed E-state index contributed by atoms with van der Waals surface area (Å²) in [6.07, 6.45) is 0. The van der Waals surface area contributed by atoms with Crippen LogP contribution in [0.5, 0.6) is 5.75 Å². The van der Waals surface area contributed by atoms with Gasteiger partial charge in [0.2, 0.25) is 0 Å². The molecule has 0 spiro atoms. The third-order valence-corrected chi connectivity index (χ3v) is 12.2. The molecule has 2 aromatic heterocycles. The number of rotatable bonds is 2. The van der Waals surface area contributed by atoms with Crippen LogP contribution >= 0.6 is 0 Å². The summed E-state index contributed by atoms with van der Waals surface area (Å²) >= 11 is 0. The summed E-state index contributed by atoms with van der Waals surface area (Å²) in [5.41, 5.74) is 6.51. The monoisotopic (exact) mass is 720 g/mol. The number of hydrogen-bond acceptors (Lipinski definition) is 1. The van der Waals surface area contributed by atoms with Gasteiger partial charge in [-0.15, -0.1) is 0 Å². The Hall–Kier alpha value is -6.84. The minimum absolute atomic E-state index is 0.306. The van der Waals surface area contributed by atoms with Gasteiger partial charge in [0.05, 0.1) is 0 Å². The summed E-state index contributed by atoms with van der Waals surface area (Å²) in [6, 6.07) is 56.9. The van der Waals surface area contributed by atoms with Crippen molar-refractivity contribution in [2.45, 2.75) is 33.9 Å². The van der Waals surface area contributed by atoms with Crippen molar-refractivity contribution in [3.05, 3.63) is 163 Å². The Kier molecular flexibility index (Phi) is 7.18. The van der Waals surface area contributed by atoms with Gasteiger partial charge in [-0.2, -0.15) is 0 Å². The Labute approximate surface area is 324 Å². The minimum atomic E-state index is 0.306. The van der Waals surface area contributed by atoms with Crippen LogP contribution in [0.4, 0.5) is 0 Å². The lowest BCUT2D eigenvalue weighted by Crippen LogP contribution is -1.93. The average Bonchev–Trinajstić information content (AvgIpc) is 3.73. The predicted octanol–water partition coefficient (Wildman–Crippen LogP) is 14.6. The van der Waals surface area contributed by atoms with Crippen molar-refractivity contribution in [1.29, 1.82) is 0 Å². The van der Waals surface area contributed by atoms with Gasteiger partial charge in [0.1, 0.15) is 5.75 Å². The number of para-hydroxylation sites is 2. The molecule has 12 aromatic rings. The van der Waals surface area contributed by atoms with Crippen molar-refractivity contribution >= 4 is 108 Å². The van der Waals surface area contributed by atoms with E-state index in [1.807, 2.05) is 12.1 Å². The molecule has 268 valence electrons. The van der Waals surface area contributed by atoms with E-state index < -0.39 is 0 Å². The van der Waals surface area contributed by atoms with Gasteiger partial charge >= 0.3 is 0 Å². The van der Waals surface area contributed by atoms with Gasteiger partial charge in [-0.05, 0) is 134 Å². The van der Waals surface area contributed by atoms with Crippen molar-refractivity contribution in [1.82, 2.24) is 9.13 Å². The van der Waals surface area contributed by atoms with Crippen LogP contribution in [0.3, 0.4) is 0 Å². The number of hydrogen-bond donors (Lipinski definition) is 1. The van der Waals surface area contributed by atoms with Crippen molar-refractivity contribution in [2.75, 3.05) is 0 Å². The maximum Gasteiger partial charge on any atom is 0.116 e. The van der Waals surface area contributed by atoms with Gasteiger partial charge in [-0.1, -0.05) is 115 Å². The first-order chi connectivity index (χ1) is 27.5. The van der Waals surface area contributed by atoms with Crippen LogP contribution in [0, 0.1) is 6.92 Å². The van der Waals surface area contributed by atoms with Crippen LogP contribution in [0.2, 0.25) is 0 Å². The summed E-state index contributed by atoms with van der Waals surface area (Å²) in [5, 5.41) is 30.6. The second kappa shape index (κ2) is 12.3. The molecule has 0 fully saturated rings. The number of nitrogens with zero attached hydrogens (tertiary/aromatic N) is 2. The molecular formula is C53H40N2O. The smallest absolute Gasteiger partial charge is 0.116 e. The quantitative estimate of drug-likeness (QED) is 0.177. The molecule has 0 aliphatic heterocycles. The first kappa shape index (κ1) is 32.6. The maximum atomic E-state index is 10.1. The molecule has 0 aliphatic rings. The Morgan fingerprint density at radius 1 is 0.321 bits per heavy atom. The van der Waals surface area contributed by atoms with Crippen LogP contribution < -0.4 is 0 Å². The number of aromatic nitrogens is 2. The second-order valence-corrected chi connectivity index (χ2v) is 15.2. The van der Waals surface area contributed by atoms with Crippen molar-refractivity contribution in [2.24, 2.45) is 0 Å². The van der Waals surface area contributed by atoms with Crippen LogP contribution in [0.15, 0.2) is 158 Å². The first-order valence-corrected chi connectivity index (χ1v) is 19.8. The van der Waals surface area contributed by atoms with E-state index >= 15 is 0 Å². The largest absolute Gasteiger partial charge is 0.508 e. The summed E-state index contributed by atoms with van der Waals surface area (Å²) in [4.78, 5) is 0. The molecule has 3 nitrogen and oxygen atoms in total. The SMILES string of the molecule is CCn1c2ccccc2c2cc3c4ccc(C)cc4c4ccccc4c3cc21.CCn1c2ccccc2c2cc3c4ccc(O)cc4c4ccccc4c3cc21. The van der Waals surface area contributed by atoms with Crippen molar-refractivity contribution in [3.8, 4) is 5.75 Å². The number of aromatic hydroxyl groups is 1. The molecule has 0 saturated carbocycles. The molecule has 1 N–H and O–H groups in total. The molecule has 0 amide bonds. The summed E-state index contributed by atoms with van der Waals surface area (Å²) in [6.45, 7) is 8.53. The molecule has 10 aromatic carbocycles. The van der Waals surface area contributed by atoms with E-state index in [9.17, 15) is 5.11 Å². The zero-order valence-electron chi connectivity index (χ0n) is 31.8. The number of aryl methyl sites for hydroxylation is 3. The fourth-order valence-corrected chi connectivity index (χ4v) is 9.77. The zero-order valence-corrected chi connectivity index (χ0v) is 31.8. The highest BCUT2D eigenvalue weighted by Crippen LogP contribution is 2.42.